The summed E-state index contributed by atoms with van der Waals surface area (Å²) in [5, 5.41) is 10.9. The molecule has 0 aromatic carbocycles. The summed E-state index contributed by atoms with van der Waals surface area (Å²) in [4.78, 5) is 24.5. The average Bonchev–Trinajstić information content (AvgIpc) is 3.53. The minimum atomic E-state index is 0.653. The lowest BCUT2D eigenvalue weighted by Gasteiger charge is -2.28. The van der Waals surface area contributed by atoms with Gasteiger partial charge in [-0.25, -0.2) is 15.0 Å². The van der Waals surface area contributed by atoms with Gasteiger partial charge in [0.15, 0.2) is 17.2 Å². The highest BCUT2D eigenvalue weighted by Gasteiger charge is 2.20. The fourth-order valence-electron chi connectivity index (χ4n) is 4.57. The van der Waals surface area contributed by atoms with Gasteiger partial charge in [0.05, 0.1) is 28.8 Å². The number of aromatic amines is 2. The molecule has 1 aliphatic rings. The van der Waals surface area contributed by atoms with Crippen LogP contribution in [0.5, 0.6) is 0 Å². The van der Waals surface area contributed by atoms with E-state index in [1.807, 2.05) is 30.6 Å². The molecule has 9 nitrogen and oxygen atoms in total. The van der Waals surface area contributed by atoms with Crippen LogP contribution in [0.25, 0.3) is 45.0 Å². The van der Waals surface area contributed by atoms with Crippen LogP contribution < -0.4 is 10.2 Å². The highest BCUT2D eigenvalue weighted by atomic mass is 15.2. The molecule has 5 aromatic heterocycles. The number of H-pyrrole nitrogens is 2. The van der Waals surface area contributed by atoms with Gasteiger partial charge in [-0.2, -0.15) is 5.10 Å². The molecule has 0 atom stereocenters. The monoisotopic (exact) mass is 465 g/mol. The number of hydrogen-bond acceptors (Lipinski definition) is 7. The molecule has 0 radical (unpaired) electrons. The third kappa shape index (κ3) is 3.99. The minimum Gasteiger partial charge on any atom is -0.370 e. The molecular formula is C26H27N9. The van der Waals surface area contributed by atoms with Gasteiger partial charge in [-0.3, -0.25) is 10.1 Å². The Balaban J connectivity index is 1.39. The number of nitrogens with one attached hydrogen (secondary N) is 3. The predicted molar refractivity (Wildman–Crippen MR) is 139 cm³/mol. The van der Waals surface area contributed by atoms with E-state index in [1.165, 1.54) is 19.3 Å². The van der Waals surface area contributed by atoms with Crippen molar-refractivity contribution in [1.29, 1.82) is 0 Å². The van der Waals surface area contributed by atoms with E-state index < -0.39 is 0 Å². The number of rotatable bonds is 6. The quantitative estimate of drug-likeness (QED) is 0.313. The molecular weight excluding hydrogens is 438 g/mol. The van der Waals surface area contributed by atoms with E-state index in [0.29, 0.717) is 11.5 Å². The molecule has 6 heterocycles. The number of piperidine rings is 1. The van der Waals surface area contributed by atoms with Gasteiger partial charge in [-0.15, -0.1) is 0 Å². The van der Waals surface area contributed by atoms with Gasteiger partial charge in [-0.1, -0.05) is 13.5 Å². The standard InChI is InChI=1S/C26H27N9/c1-3-16(2)29-18-13-17(14-27-15-18)19-7-8-20-22(30-19)24(34-33-20)26-31-23-21(9-10-28-25(23)32-26)35-11-5-4-6-12-35/h7-10,13-15,29H,2-6,11-12H2,1H3,(H,33,34)(H,28,31,32). The molecule has 3 N–H and O–H groups in total. The maximum absolute atomic E-state index is 4.93. The molecule has 0 amide bonds. The number of allylic oxidation sites excluding steroid dienone is 1. The van der Waals surface area contributed by atoms with Gasteiger partial charge >= 0.3 is 0 Å². The Bertz CT molecular complexity index is 1520. The van der Waals surface area contributed by atoms with Crippen LogP contribution >= 0.6 is 0 Å². The second kappa shape index (κ2) is 8.83. The van der Waals surface area contributed by atoms with Crippen LogP contribution in [0.4, 0.5) is 11.4 Å². The van der Waals surface area contributed by atoms with Crippen LogP contribution in [0.1, 0.15) is 32.6 Å². The molecule has 176 valence electrons. The lowest BCUT2D eigenvalue weighted by Crippen LogP contribution is -2.29. The summed E-state index contributed by atoms with van der Waals surface area (Å²) < 4.78 is 0. The van der Waals surface area contributed by atoms with E-state index in [4.69, 9.17) is 9.97 Å². The predicted octanol–water partition coefficient (Wildman–Crippen LogP) is 5.28. The first kappa shape index (κ1) is 21.3. The molecule has 5 aromatic rings. The summed E-state index contributed by atoms with van der Waals surface area (Å²) in [6.07, 6.45) is 9.97. The van der Waals surface area contributed by atoms with Crippen LogP contribution in [0.3, 0.4) is 0 Å². The van der Waals surface area contributed by atoms with Crippen molar-refractivity contribution in [2.75, 3.05) is 23.3 Å². The Morgan fingerprint density at radius 3 is 2.83 bits per heavy atom. The molecule has 1 fully saturated rings. The van der Waals surface area contributed by atoms with Crippen molar-refractivity contribution in [2.45, 2.75) is 32.6 Å². The number of imidazole rings is 1. The summed E-state index contributed by atoms with van der Waals surface area (Å²) in [6.45, 7) is 8.17. The van der Waals surface area contributed by atoms with E-state index in [9.17, 15) is 0 Å². The lowest BCUT2D eigenvalue weighted by atomic mass is 10.1. The molecule has 9 heteroatoms. The molecule has 1 saturated heterocycles. The Labute approximate surface area is 202 Å². The highest BCUT2D eigenvalue weighted by molar-refractivity contribution is 5.93. The summed E-state index contributed by atoms with van der Waals surface area (Å²) in [5.41, 5.74) is 8.55. The lowest BCUT2D eigenvalue weighted by molar-refractivity contribution is 0.578. The van der Waals surface area contributed by atoms with Crippen LogP contribution in [0.15, 0.2) is 55.1 Å². The van der Waals surface area contributed by atoms with E-state index in [-0.39, 0.29) is 0 Å². The van der Waals surface area contributed by atoms with Crippen molar-refractivity contribution in [1.82, 2.24) is 35.1 Å². The number of hydrogen-bond donors (Lipinski definition) is 3. The van der Waals surface area contributed by atoms with Gasteiger partial charge in [0.2, 0.25) is 0 Å². The van der Waals surface area contributed by atoms with Crippen molar-refractivity contribution in [3.63, 3.8) is 0 Å². The second-order valence-electron chi connectivity index (χ2n) is 8.87. The molecule has 1 aliphatic heterocycles. The highest BCUT2D eigenvalue weighted by Crippen LogP contribution is 2.31. The number of pyridine rings is 3. The third-order valence-electron chi connectivity index (χ3n) is 6.47. The summed E-state index contributed by atoms with van der Waals surface area (Å²) in [5.74, 6) is 0.653. The summed E-state index contributed by atoms with van der Waals surface area (Å²) >= 11 is 0. The zero-order valence-corrected chi connectivity index (χ0v) is 19.7. The molecule has 0 saturated carbocycles. The normalized spacial score (nSPS) is 14.0. The third-order valence-corrected chi connectivity index (χ3v) is 6.47. The fourth-order valence-corrected chi connectivity index (χ4v) is 4.57. The number of anilines is 2. The smallest absolute Gasteiger partial charge is 0.162 e. The number of fused-ring (bicyclic) bond motifs is 2. The van der Waals surface area contributed by atoms with Gasteiger partial charge in [0.25, 0.3) is 0 Å². The van der Waals surface area contributed by atoms with Gasteiger partial charge in [-0.05, 0) is 49.9 Å². The molecule has 0 unspecified atom stereocenters. The maximum atomic E-state index is 4.93. The SMILES string of the molecule is C=C(CC)Nc1cncc(-c2ccc3[nH]nc(-c4nc5c(N6CCCCC6)ccnc5[nH]4)c3n2)c1. The first-order valence-corrected chi connectivity index (χ1v) is 12.0. The van der Waals surface area contributed by atoms with E-state index in [1.54, 1.807) is 6.20 Å². The molecule has 6 rings (SSSR count). The van der Waals surface area contributed by atoms with Gasteiger partial charge in [0.1, 0.15) is 11.0 Å². The fraction of sp³-hybridized carbons (Fsp3) is 0.269. The number of nitrogens with zero attached hydrogens (tertiary/aromatic N) is 6. The molecule has 0 bridgehead atoms. The van der Waals surface area contributed by atoms with E-state index in [0.717, 1.165) is 70.0 Å². The summed E-state index contributed by atoms with van der Waals surface area (Å²) in [7, 11) is 0. The van der Waals surface area contributed by atoms with E-state index in [2.05, 4.69) is 54.9 Å². The Hall–Kier alpha value is -4.27. The van der Waals surface area contributed by atoms with Crippen LogP contribution in [0.2, 0.25) is 0 Å². The van der Waals surface area contributed by atoms with Crippen LogP contribution in [-0.2, 0) is 0 Å². The van der Waals surface area contributed by atoms with Crippen molar-refractivity contribution in [3.8, 4) is 22.8 Å². The van der Waals surface area contributed by atoms with Crippen molar-refractivity contribution < 1.29 is 0 Å². The van der Waals surface area contributed by atoms with Gasteiger partial charge < -0.3 is 15.2 Å². The molecule has 35 heavy (non-hydrogen) atoms. The van der Waals surface area contributed by atoms with Crippen molar-refractivity contribution in [3.05, 3.63) is 55.1 Å². The Kier molecular flexibility index (Phi) is 5.36. The first-order valence-electron chi connectivity index (χ1n) is 12.0. The largest absolute Gasteiger partial charge is 0.370 e. The Morgan fingerprint density at radius 2 is 1.97 bits per heavy atom. The minimum absolute atomic E-state index is 0.653. The zero-order valence-electron chi connectivity index (χ0n) is 19.7. The Morgan fingerprint density at radius 1 is 1.09 bits per heavy atom. The number of aromatic nitrogens is 7. The van der Waals surface area contributed by atoms with Crippen molar-refractivity contribution >= 4 is 33.6 Å². The van der Waals surface area contributed by atoms with Crippen molar-refractivity contribution in [2.24, 2.45) is 0 Å². The molecule has 0 spiro atoms. The topological polar surface area (TPSA) is 111 Å². The second-order valence-corrected chi connectivity index (χ2v) is 8.87. The van der Waals surface area contributed by atoms with Crippen LogP contribution in [0, 0.1) is 0 Å². The van der Waals surface area contributed by atoms with Crippen LogP contribution in [-0.4, -0.2) is 48.2 Å². The first-order chi connectivity index (χ1) is 17.2. The molecule has 0 aliphatic carbocycles. The maximum Gasteiger partial charge on any atom is 0.162 e. The zero-order chi connectivity index (χ0) is 23.8. The van der Waals surface area contributed by atoms with Gasteiger partial charge in [0, 0.05) is 36.7 Å². The van der Waals surface area contributed by atoms with E-state index >= 15 is 0 Å². The average molecular weight is 466 g/mol. The summed E-state index contributed by atoms with van der Waals surface area (Å²) in [6, 6.07) is 8.03.